The maximum absolute atomic E-state index is 12.6. The largest absolute Gasteiger partial charge is 0.444 e. The molecule has 28 heavy (non-hydrogen) atoms. The Bertz CT molecular complexity index is 822. The molecule has 144 valence electrons. The molecular weight excluding hydrogens is 350 g/mol. The molecule has 0 saturated heterocycles. The van der Waals surface area contributed by atoms with Gasteiger partial charge in [0.2, 0.25) is 0 Å². The zero-order valence-corrected chi connectivity index (χ0v) is 15.9. The Morgan fingerprint density at radius 3 is 1.75 bits per heavy atom. The van der Waals surface area contributed by atoms with Gasteiger partial charge in [-0.05, 0) is 23.1 Å². The maximum atomic E-state index is 12.6. The lowest BCUT2D eigenvalue weighted by Gasteiger charge is -2.22. The van der Waals surface area contributed by atoms with Gasteiger partial charge >= 0.3 is 6.09 Å². The lowest BCUT2D eigenvalue weighted by atomic mass is 10.1. The minimum atomic E-state index is -0.368. The maximum Gasteiger partial charge on any atom is 0.411 e. The summed E-state index contributed by atoms with van der Waals surface area (Å²) in [6, 6.07) is 29.7. The molecule has 0 atom stereocenters. The number of carbonyl (C=O) groups is 1. The van der Waals surface area contributed by atoms with E-state index in [4.69, 9.17) is 9.47 Å². The summed E-state index contributed by atoms with van der Waals surface area (Å²) in [4.78, 5) is 14.2. The van der Waals surface area contributed by atoms with Gasteiger partial charge in [0.25, 0.3) is 0 Å². The molecule has 3 aromatic rings. The second kappa shape index (κ2) is 10.9. The van der Waals surface area contributed by atoms with Gasteiger partial charge < -0.3 is 9.47 Å². The van der Waals surface area contributed by atoms with Crippen molar-refractivity contribution in [3.63, 3.8) is 0 Å². The van der Waals surface area contributed by atoms with Crippen molar-refractivity contribution in [2.45, 2.75) is 19.6 Å². The molecule has 0 radical (unpaired) electrons. The summed E-state index contributed by atoms with van der Waals surface area (Å²) < 4.78 is 11.3. The molecule has 0 saturated carbocycles. The summed E-state index contributed by atoms with van der Waals surface area (Å²) in [5.41, 5.74) is 3.21. The van der Waals surface area contributed by atoms with Crippen LogP contribution in [0.1, 0.15) is 16.7 Å². The van der Waals surface area contributed by atoms with Crippen LogP contribution in [0, 0.1) is 0 Å². The van der Waals surface area contributed by atoms with Gasteiger partial charge in [-0.3, -0.25) is 4.90 Å². The molecule has 0 heterocycles. The topological polar surface area (TPSA) is 38.8 Å². The van der Waals surface area contributed by atoms with Gasteiger partial charge in [0.1, 0.15) is 13.3 Å². The third kappa shape index (κ3) is 6.56. The Hall–Kier alpha value is -3.11. The van der Waals surface area contributed by atoms with Crippen molar-refractivity contribution in [2.24, 2.45) is 0 Å². The summed E-state index contributed by atoms with van der Waals surface area (Å²) in [7, 11) is 0. The van der Waals surface area contributed by atoms with Crippen LogP contribution in [0.4, 0.5) is 4.79 Å². The predicted octanol–water partition coefficient (Wildman–Crippen LogP) is 5.04. The van der Waals surface area contributed by atoms with E-state index >= 15 is 0 Å². The highest BCUT2D eigenvalue weighted by atomic mass is 16.6. The van der Waals surface area contributed by atoms with E-state index in [1.807, 2.05) is 78.9 Å². The number of rotatable bonds is 9. The third-order valence-corrected chi connectivity index (χ3v) is 4.34. The van der Waals surface area contributed by atoms with E-state index in [0.29, 0.717) is 13.2 Å². The fourth-order valence-corrected chi connectivity index (χ4v) is 2.78. The van der Waals surface area contributed by atoms with Crippen LogP contribution in [0.5, 0.6) is 0 Å². The Labute approximate surface area is 166 Å². The Balaban J connectivity index is 1.55. The van der Waals surface area contributed by atoms with Crippen LogP contribution in [0.2, 0.25) is 0 Å². The van der Waals surface area contributed by atoms with E-state index in [0.717, 1.165) is 17.5 Å². The highest BCUT2D eigenvalue weighted by Gasteiger charge is 2.15. The molecule has 0 aliphatic rings. The first-order chi connectivity index (χ1) is 13.8. The number of hydrogen-bond donors (Lipinski definition) is 0. The zero-order chi connectivity index (χ0) is 19.4. The molecule has 1 amide bonds. The highest BCUT2D eigenvalue weighted by molar-refractivity contribution is 5.67. The number of amides is 1. The number of hydrogen-bond acceptors (Lipinski definition) is 3. The van der Waals surface area contributed by atoms with E-state index < -0.39 is 0 Å². The van der Waals surface area contributed by atoms with Crippen molar-refractivity contribution in [2.75, 3.05) is 13.3 Å². The lowest BCUT2D eigenvalue weighted by molar-refractivity contribution is 0.0103. The average molecular weight is 375 g/mol. The normalized spacial score (nSPS) is 10.4. The van der Waals surface area contributed by atoms with Crippen molar-refractivity contribution < 1.29 is 14.3 Å². The minimum Gasteiger partial charge on any atom is -0.444 e. The molecule has 3 aromatic carbocycles. The zero-order valence-electron chi connectivity index (χ0n) is 15.9. The van der Waals surface area contributed by atoms with Crippen LogP contribution in [0.3, 0.4) is 0 Å². The van der Waals surface area contributed by atoms with Gasteiger partial charge in [-0.15, -0.1) is 0 Å². The van der Waals surface area contributed by atoms with Crippen LogP contribution in [0.25, 0.3) is 0 Å². The number of benzene rings is 3. The Morgan fingerprint density at radius 2 is 1.18 bits per heavy atom. The monoisotopic (exact) mass is 375 g/mol. The van der Waals surface area contributed by atoms with Gasteiger partial charge in [0.05, 0.1) is 6.61 Å². The smallest absolute Gasteiger partial charge is 0.411 e. The van der Waals surface area contributed by atoms with Gasteiger partial charge in [0, 0.05) is 6.54 Å². The average Bonchev–Trinajstić information content (AvgIpc) is 2.76. The van der Waals surface area contributed by atoms with Crippen molar-refractivity contribution in [3.8, 4) is 0 Å². The second-order valence-corrected chi connectivity index (χ2v) is 6.50. The van der Waals surface area contributed by atoms with Crippen molar-refractivity contribution >= 4 is 6.09 Å². The number of ether oxygens (including phenoxy) is 2. The fraction of sp³-hybridized carbons (Fsp3) is 0.208. The number of nitrogens with zero attached hydrogens (tertiary/aromatic N) is 1. The molecule has 0 aliphatic carbocycles. The fourth-order valence-electron chi connectivity index (χ4n) is 2.78. The van der Waals surface area contributed by atoms with Gasteiger partial charge in [-0.1, -0.05) is 91.0 Å². The highest BCUT2D eigenvalue weighted by Crippen LogP contribution is 2.08. The molecule has 0 fully saturated rings. The Kier molecular flexibility index (Phi) is 7.65. The minimum absolute atomic E-state index is 0.190. The Morgan fingerprint density at radius 1 is 0.679 bits per heavy atom. The quantitative estimate of drug-likeness (QED) is 0.492. The molecule has 0 aliphatic heterocycles. The van der Waals surface area contributed by atoms with Gasteiger partial charge in [-0.2, -0.15) is 0 Å². The molecule has 3 rings (SSSR count). The van der Waals surface area contributed by atoms with E-state index in [9.17, 15) is 4.79 Å². The molecule has 0 bridgehead atoms. The molecule has 0 N–H and O–H groups in total. The molecule has 4 heteroatoms. The lowest BCUT2D eigenvalue weighted by Crippen LogP contribution is -2.35. The molecular formula is C24H25NO3. The molecule has 0 unspecified atom stereocenters. The van der Waals surface area contributed by atoms with Crippen LogP contribution in [-0.4, -0.2) is 24.3 Å². The molecule has 0 aromatic heterocycles. The van der Waals surface area contributed by atoms with Crippen LogP contribution < -0.4 is 0 Å². The van der Waals surface area contributed by atoms with E-state index in [1.54, 1.807) is 4.90 Å². The first-order valence-corrected chi connectivity index (χ1v) is 9.42. The van der Waals surface area contributed by atoms with Gasteiger partial charge in [0.15, 0.2) is 0 Å². The van der Waals surface area contributed by atoms with Crippen molar-refractivity contribution in [3.05, 3.63) is 108 Å². The summed E-state index contributed by atoms with van der Waals surface area (Å²) >= 11 is 0. The van der Waals surface area contributed by atoms with Gasteiger partial charge in [-0.25, -0.2) is 4.79 Å². The first kappa shape index (κ1) is 19.6. The number of carbonyl (C=O) groups excluding carboxylic acids is 1. The first-order valence-electron chi connectivity index (χ1n) is 9.42. The third-order valence-electron chi connectivity index (χ3n) is 4.34. The standard InChI is InChI=1S/C24H25NO3/c26-24(28-19-23-14-8-3-9-15-23)25(17-16-21-10-4-1-5-11-21)20-27-18-22-12-6-2-7-13-22/h1-15H,16-20H2. The SMILES string of the molecule is O=C(OCc1ccccc1)N(CCc1ccccc1)COCc1ccccc1. The molecule has 4 nitrogen and oxygen atoms in total. The van der Waals surface area contributed by atoms with Crippen molar-refractivity contribution in [1.82, 2.24) is 4.90 Å². The summed E-state index contributed by atoms with van der Waals surface area (Å²) in [5, 5.41) is 0. The summed E-state index contributed by atoms with van der Waals surface area (Å²) in [6.07, 6.45) is 0.378. The van der Waals surface area contributed by atoms with Crippen LogP contribution >= 0.6 is 0 Å². The van der Waals surface area contributed by atoms with Crippen LogP contribution in [-0.2, 0) is 29.1 Å². The van der Waals surface area contributed by atoms with E-state index in [-0.39, 0.29) is 19.4 Å². The predicted molar refractivity (Wildman–Crippen MR) is 110 cm³/mol. The molecule has 0 spiro atoms. The second-order valence-electron chi connectivity index (χ2n) is 6.50. The van der Waals surface area contributed by atoms with Crippen LogP contribution in [0.15, 0.2) is 91.0 Å². The van der Waals surface area contributed by atoms with E-state index in [2.05, 4.69) is 12.1 Å². The summed E-state index contributed by atoms with van der Waals surface area (Å²) in [6.45, 7) is 1.43. The van der Waals surface area contributed by atoms with E-state index in [1.165, 1.54) is 5.56 Å². The van der Waals surface area contributed by atoms with Crippen molar-refractivity contribution in [1.29, 1.82) is 0 Å². The summed E-state index contributed by atoms with van der Waals surface area (Å²) in [5.74, 6) is 0.